The maximum atomic E-state index is 13.0. The molecule has 3 rings (SSSR count). The summed E-state index contributed by atoms with van der Waals surface area (Å²) in [6, 6.07) is 5.64. The summed E-state index contributed by atoms with van der Waals surface area (Å²) in [6.07, 6.45) is -6.00. The van der Waals surface area contributed by atoms with Gasteiger partial charge >= 0.3 is 24.3 Å². The molecule has 0 heterocycles. The van der Waals surface area contributed by atoms with Gasteiger partial charge in [-0.05, 0) is 62.1 Å². The number of hydrogen-bond acceptors (Lipinski definition) is 6. The van der Waals surface area contributed by atoms with E-state index in [1.54, 1.807) is 0 Å². The average molecular weight is 508 g/mol. The lowest BCUT2D eigenvalue weighted by Gasteiger charge is -2.18. The highest BCUT2D eigenvalue weighted by molar-refractivity contribution is 5.90. The lowest BCUT2D eigenvalue weighted by molar-refractivity contribution is -0.140. The Morgan fingerprint density at radius 1 is 0.800 bits per heavy atom. The minimum Gasteiger partial charge on any atom is -0.507 e. The van der Waals surface area contributed by atoms with Gasteiger partial charge in [-0.3, -0.25) is 0 Å². The van der Waals surface area contributed by atoms with E-state index in [1.807, 2.05) is 0 Å². The highest BCUT2D eigenvalue weighted by Gasteiger charge is 2.36. The number of aromatic hydroxyl groups is 1. The largest absolute Gasteiger partial charge is 0.507 e. The molecule has 2 aromatic rings. The lowest BCUT2D eigenvalue weighted by atomic mass is 10.1. The molecule has 0 radical (unpaired) electrons. The van der Waals surface area contributed by atoms with Crippen LogP contribution in [0.25, 0.3) is 0 Å². The number of carbonyl (C=O) groups excluding carboxylic acids is 2. The highest BCUT2D eigenvalue weighted by atomic mass is 19.4. The zero-order chi connectivity index (χ0) is 26.4. The number of hydrogen-bond donors (Lipinski definition) is 1. The maximum Gasteiger partial charge on any atom is 0.419 e. The molecule has 0 spiro atoms. The van der Waals surface area contributed by atoms with E-state index in [0.717, 1.165) is 58.1 Å². The van der Waals surface area contributed by atoms with E-state index in [4.69, 9.17) is 9.84 Å². The zero-order valence-electron chi connectivity index (χ0n) is 18.6. The van der Waals surface area contributed by atoms with Crippen LogP contribution in [-0.2, 0) is 21.8 Å². The Hall–Kier alpha value is -3.44. The third-order valence-corrected chi connectivity index (χ3v) is 5.02. The minimum absolute atomic E-state index is 0.140. The summed E-state index contributed by atoms with van der Waals surface area (Å²) in [7, 11) is 2.18. The Bertz CT molecular complexity index is 1040. The van der Waals surface area contributed by atoms with Crippen molar-refractivity contribution >= 4 is 11.9 Å². The predicted molar refractivity (Wildman–Crippen MR) is 110 cm³/mol. The van der Waals surface area contributed by atoms with Crippen molar-refractivity contribution in [2.24, 2.45) is 0 Å². The van der Waals surface area contributed by atoms with Gasteiger partial charge in [0.15, 0.2) is 0 Å². The number of halogens is 6. The van der Waals surface area contributed by atoms with Crippen LogP contribution in [0.2, 0.25) is 0 Å². The van der Waals surface area contributed by atoms with Gasteiger partial charge < -0.3 is 19.3 Å². The van der Waals surface area contributed by atoms with Crippen LogP contribution >= 0.6 is 0 Å². The first-order valence-corrected chi connectivity index (χ1v) is 10.2. The molecule has 0 bridgehead atoms. The van der Waals surface area contributed by atoms with E-state index in [-0.39, 0.29) is 23.0 Å². The van der Waals surface area contributed by atoms with Gasteiger partial charge in [0.25, 0.3) is 0 Å². The van der Waals surface area contributed by atoms with Crippen LogP contribution in [0.5, 0.6) is 11.5 Å². The summed E-state index contributed by atoms with van der Waals surface area (Å²) in [5.41, 5.74) is -2.60. The Balaban J connectivity index is 0.000000258. The molecule has 0 aromatic heterocycles. The van der Waals surface area contributed by atoms with Crippen molar-refractivity contribution in [1.29, 1.82) is 0 Å². The van der Waals surface area contributed by atoms with Gasteiger partial charge in [0.1, 0.15) is 11.5 Å². The van der Waals surface area contributed by atoms with Gasteiger partial charge in [0.05, 0.1) is 42.6 Å². The van der Waals surface area contributed by atoms with Crippen molar-refractivity contribution in [3.05, 3.63) is 58.7 Å². The molecule has 1 N–H and O–H groups in total. The second kappa shape index (κ2) is 11.3. The zero-order valence-corrected chi connectivity index (χ0v) is 18.6. The van der Waals surface area contributed by atoms with Crippen LogP contribution in [0.4, 0.5) is 26.3 Å². The van der Waals surface area contributed by atoms with Crippen molar-refractivity contribution in [2.45, 2.75) is 44.1 Å². The molecule has 0 aliphatic heterocycles. The average Bonchev–Trinajstić information content (AvgIpc) is 3.30. The maximum absolute atomic E-state index is 13.0. The van der Waals surface area contributed by atoms with Crippen LogP contribution in [0, 0.1) is 0 Å². The van der Waals surface area contributed by atoms with Crippen LogP contribution in [0.15, 0.2) is 36.4 Å². The number of phenols is 1. The van der Waals surface area contributed by atoms with Crippen molar-refractivity contribution < 1.29 is 55.2 Å². The quantitative estimate of drug-likeness (QED) is 0.402. The highest BCUT2D eigenvalue weighted by Crippen LogP contribution is 2.39. The number of rotatable bonds is 4. The summed E-state index contributed by atoms with van der Waals surface area (Å²) < 4.78 is 90.1. The third kappa shape index (κ3) is 7.52. The minimum atomic E-state index is -4.70. The van der Waals surface area contributed by atoms with Crippen molar-refractivity contribution in [3.8, 4) is 11.5 Å². The van der Waals surface area contributed by atoms with Gasteiger partial charge in [0.2, 0.25) is 0 Å². The van der Waals surface area contributed by atoms with Crippen LogP contribution in [0.3, 0.4) is 0 Å². The molecule has 1 aliphatic rings. The molecular weight excluding hydrogens is 486 g/mol. The molecular formula is C23H22F6O6. The first kappa shape index (κ1) is 27.8. The second-order valence-electron chi connectivity index (χ2n) is 7.45. The smallest absolute Gasteiger partial charge is 0.419 e. The Labute approximate surface area is 196 Å². The van der Waals surface area contributed by atoms with E-state index >= 15 is 0 Å². The van der Waals surface area contributed by atoms with Gasteiger partial charge in [0, 0.05) is 0 Å². The Morgan fingerprint density at radius 3 is 1.71 bits per heavy atom. The van der Waals surface area contributed by atoms with Gasteiger partial charge in [-0.25, -0.2) is 9.59 Å². The van der Waals surface area contributed by atoms with Crippen molar-refractivity contribution in [2.75, 3.05) is 14.2 Å². The number of methoxy groups -OCH3 is 2. The van der Waals surface area contributed by atoms with Crippen LogP contribution in [0.1, 0.15) is 57.5 Å². The normalized spacial score (nSPS) is 14.1. The Morgan fingerprint density at radius 2 is 1.26 bits per heavy atom. The molecule has 6 nitrogen and oxygen atoms in total. The summed E-state index contributed by atoms with van der Waals surface area (Å²) in [6.45, 7) is 0. The summed E-state index contributed by atoms with van der Waals surface area (Å²) >= 11 is 0. The molecule has 35 heavy (non-hydrogen) atoms. The van der Waals surface area contributed by atoms with E-state index < -0.39 is 41.2 Å². The predicted octanol–water partition coefficient (Wildman–Crippen LogP) is 6.01. The van der Waals surface area contributed by atoms with Crippen LogP contribution < -0.4 is 4.74 Å². The van der Waals surface area contributed by atoms with Crippen molar-refractivity contribution in [1.82, 2.24) is 0 Å². The standard InChI is InChI=1S/C14H15F3O3.C9H7F3O3/c1-19-13(18)9-6-7-12(11(8-9)14(15,16)17)20-10-4-2-3-5-10;1-15-8(14)5-2-3-7(13)6(4-5)9(10,11)12/h6-8,10H,2-5H2,1H3;2-4,13H,1H3. The SMILES string of the molecule is COC(=O)c1ccc(O)c(C(F)(F)F)c1.COC(=O)c1ccc(OC2CCCC2)c(C(F)(F)F)c1. The molecule has 192 valence electrons. The van der Waals surface area contributed by atoms with Crippen LogP contribution in [-0.4, -0.2) is 37.4 Å². The summed E-state index contributed by atoms with van der Waals surface area (Å²) in [5.74, 6) is -2.84. The molecule has 0 atom stereocenters. The van der Waals surface area contributed by atoms with Gasteiger partial charge in [-0.2, -0.15) is 26.3 Å². The number of esters is 2. The van der Waals surface area contributed by atoms with E-state index in [1.165, 1.54) is 12.1 Å². The number of carbonyl (C=O) groups is 2. The summed E-state index contributed by atoms with van der Waals surface area (Å²) in [5, 5.41) is 8.95. The van der Waals surface area contributed by atoms with E-state index in [2.05, 4.69) is 9.47 Å². The fraction of sp³-hybridized carbons (Fsp3) is 0.391. The molecule has 12 heteroatoms. The van der Waals surface area contributed by atoms with Crippen molar-refractivity contribution in [3.63, 3.8) is 0 Å². The number of phenolic OH excluding ortho intramolecular Hbond substituents is 1. The Kier molecular flexibility index (Phi) is 9.00. The first-order valence-electron chi connectivity index (χ1n) is 10.2. The first-order chi connectivity index (χ1) is 16.3. The number of ether oxygens (including phenoxy) is 3. The molecule has 1 fully saturated rings. The number of alkyl halides is 6. The van der Waals surface area contributed by atoms with Gasteiger partial charge in [-0.1, -0.05) is 0 Å². The number of benzene rings is 2. The molecule has 0 unspecified atom stereocenters. The molecule has 2 aromatic carbocycles. The van der Waals surface area contributed by atoms with E-state index in [0.29, 0.717) is 6.07 Å². The molecule has 0 amide bonds. The molecule has 1 aliphatic carbocycles. The fourth-order valence-corrected chi connectivity index (χ4v) is 3.29. The topological polar surface area (TPSA) is 82.1 Å². The van der Waals surface area contributed by atoms with E-state index in [9.17, 15) is 35.9 Å². The van der Waals surface area contributed by atoms with Gasteiger partial charge in [-0.15, -0.1) is 0 Å². The summed E-state index contributed by atoms with van der Waals surface area (Å²) in [4.78, 5) is 22.3. The second-order valence-corrected chi connectivity index (χ2v) is 7.45. The third-order valence-electron chi connectivity index (χ3n) is 5.02. The monoisotopic (exact) mass is 508 g/mol. The molecule has 1 saturated carbocycles. The lowest BCUT2D eigenvalue weighted by Crippen LogP contribution is -2.16. The molecule has 0 saturated heterocycles. The fourth-order valence-electron chi connectivity index (χ4n) is 3.29.